The third-order valence-electron chi connectivity index (χ3n) is 4.92. The lowest BCUT2D eigenvalue weighted by molar-refractivity contribution is 0.100. The summed E-state index contributed by atoms with van der Waals surface area (Å²) in [4.78, 5) is 22.6. The standard InChI is InChI=1S/C16H20N4OS/c1-2-19-8-13-6-12(19)9-20(13)7-11-4-3-10-5-14(15(17)21)22-16(10)18-11/h3-5,12-13H,2,6-9H2,1H3,(H2,17,21)/t12-,13-/m1/s1. The van der Waals surface area contributed by atoms with E-state index in [4.69, 9.17) is 10.7 Å². The van der Waals surface area contributed by atoms with Gasteiger partial charge in [0.15, 0.2) is 0 Å². The fourth-order valence-corrected chi connectivity index (χ4v) is 4.69. The summed E-state index contributed by atoms with van der Waals surface area (Å²) >= 11 is 1.38. The van der Waals surface area contributed by atoms with Crippen LogP contribution in [0, 0.1) is 0 Å². The molecular formula is C16H20N4OS. The molecule has 2 aromatic heterocycles. The number of hydrogen-bond acceptors (Lipinski definition) is 5. The first-order chi connectivity index (χ1) is 10.6. The van der Waals surface area contributed by atoms with Crippen LogP contribution in [0.15, 0.2) is 18.2 Å². The number of hydrogen-bond donors (Lipinski definition) is 1. The monoisotopic (exact) mass is 316 g/mol. The third kappa shape index (κ3) is 2.31. The molecule has 0 aliphatic carbocycles. The average molecular weight is 316 g/mol. The molecule has 22 heavy (non-hydrogen) atoms. The van der Waals surface area contributed by atoms with E-state index in [2.05, 4.69) is 22.8 Å². The molecule has 2 aliphatic rings. The molecule has 2 aliphatic heterocycles. The number of likely N-dealkylation sites (tertiary alicyclic amines) is 2. The van der Waals surface area contributed by atoms with Crippen molar-refractivity contribution in [2.45, 2.75) is 32.0 Å². The number of rotatable bonds is 4. The summed E-state index contributed by atoms with van der Waals surface area (Å²) in [6, 6.07) is 7.35. The summed E-state index contributed by atoms with van der Waals surface area (Å²) < 4.78 is 0. The Morgan fingerprint density at radius 3 is 2.82 bits per heavy atom. The molecule has 5 nitrogen and oxygen atoms in total. The SMILES string of the molecule is CCN1C[C@H]2C[C@@H]1CN2Cc1ccc2cc(C(N)=O)sc2n1. The van der Waals surface area contributed by atoms with E-state index >= 15 is 0 Å². The number of amides is 1. The van der Waals surface area contributed by atoms with Crippen molar-refractivity contribution in [2.75, 3.05) is 19.6 Å². The normalized spacial score (nSPS) is 25.3. The maximum Gasteiger partial charge on any atom is 0.258 e. The molecule has 4 rings (SSSR count). The van der Waals surface area contributed by atoms with Gasteiger partial charge in [-0.15, -0.1) is 11.3 Å². The van der Waals surface area contributed by atoms with E-state index in [9.17, 15) is 4.79 Å². The number of nitrogens with zero attached hydrogens (tertiary/aromatic N) is 3. The van der Waals surface area contributed by atoms with Crippen molar-refractivity contribution in [3.63, 3.8) is 0 Å². The average Bonchev–Trinajstić information content (AvgIpc) is 3.19. The summed E-state index contributed by atoms with van der Waals surface area (Å²) in [6.07, 6.45) is 1.29. The van der Waals surface area contributed by atoms with Gasteiger partial charge in [-0.1, -0.05) is 13.0 Å². The summed E-state index contributed by atoms with van der Waals surface area (Å²) in [6.45, 7) is 6.64. The molecule has 0 radical (unpaired) electrons. The highest BCUT2D eigenvalue weighted by Crippen LogP contribution is 2.32. The van der Waals surface area contributed by atoms with Crippen molar-refractivity contribution < 1.29 is 4.79 Å². The van der Waals surface area contributed by atoms with Gasteiger partial charge in [0.2, 0.25) is 0 Å². The Kier molecular flexibility index (Phi) is 3.40. The quantitative estimate of drug-likeness (QED) is 0.932. The molecule has 2 atom stereocenters. The van der Waals surface area contributed by atoms with E-state index < -0.39 is 0 Å². The van der Waals surface area contributed by atoms with Crippen molar-refractivity contribution in [1.29, 1.82) is 0 Å². The first kappa shape index (κ1) is 14.1. The zero-order chi connectivity index (χ0) is 15.3. The van der Waals surface area contributed by atoms with Crippen molar-refractivity contribution in [3.05, 3.63) is 28.8 Å². The minimum absolute atomic E-state index is 0.374. The number of thiophene rings is 1. The molecule has 2 bridgehead atoms. The van der Waals surface area contributed by atoms with Crippen molar-refractivity contribution in [3.8, 4) is 0 Å². The van der Waals surface area contributed by atoms with E-state index in [0.29, 0.717) is 10.9 Å². The van der Waals surface area contributed by atoms with Crippen LogP contribution in [0.2, 0.25) is 0 Å². The lowest BCUT2D eigenvalue weighted by Crippen LogP contribution is -2.45. The van der Waals surface area contributed by atoms with Crippen molar-refractivity contribution in [1.82, 2.24) is 14.8 Å². The van der Waals surface area contributed by atoms with Gasteiger partial charge in [0.05, 0.1) is 10.6 Å². The van der Waals surface area contributed by atoms with E-state index in [1.54, 1.807) is 0 Å². The number of primary amides is 1. The second-order valence-corrected chi connectivity index (χ2v) is 7.26. The molecule has 2 aromatic rings. The molecule has 0 aromatic carbocycles. The second-order valence-electron chi connectivity index (χ2n) is 6.23. The van der Waals surface area contributed by atoms with Crippen molar-refractivity contribution >= 4 is 27.5 Å². The summed E-state index contributed by atoms with van der Waals surface area (Å²) in [5, 5.41) is 1.00. The van der Waals surface area contributed by atoms with E-state index in [0.717, 1.165) is 41.6 Å². The Hall–Kier alpha value is -1.50. The molecule has 2 saturated heterocycles. The van der Waals surface area contributed by atoms with Crippen LogP contribution in [-0.4, -0.2) is 52.4 Å². The molecule has 2 N–H and O–H groups in total. The van der Waals surface area contributed by atoms with Crippen LogP contribution in [-0.2, 0) is 6.54 Å². The number of likely N-dealkylation sites (N-methyl/N-ethyl adjacent to an activating group) is 1. The Bertz CT molecular complexity index is 728. The Labute approximate surface area is 133 Å². The Balaban J connectivity index is 1.52. The smallest absolute Gasteiger partial charge is 0.258 e. The minimum Gasteiger partial charge on any atom is -0.365 e. The van der Waals surface area contributed by atoms with Gasteiger partial charge >= 0.3 is 0 Å². The molecule has 1 amide bonds. The van der Waals surface area contributed by atoms with Crippen LogP contribution in [0.3, 0.4) is 0 Å². The van der Waals surface area contributed by atoms with Gasteiger partial charge in [-0.05, 0) is 25.1 Å². The highest BCUT2D eigenvalue weighted by Gasteiger charge is 2.42. The summed E-state index contributed by atoms with van der Waals surface area (Å²) in [5.74, 6) is -0.374. The summed E-state index contributed by atoms with van der Waals surface area (Å²) in [7, 11) is 0. The van der Waals surface area contributed by atoms with Crippen LogP contribution in [0.5, 0.6) is 0 Å². The molecule has 0 spiro atoms. The van der Waals surface area contributed by atoms with Gasteiger partial charge in [0.25, 0.3) is 5.91 Å². The van der Waals surface area contributed by atoms with Gasteiger partial charge in [-0.2, -0.15) is 0 Å². The topological polar surface area (TPSA) is 62.5 Å². The zero-order valence-corrected chi connectivity index (χ0v) is 13.5. The largest absolute Gasteiger partial charge is 0.365 e. The van der Waals surface area contributed by atoms with Gasteiger partial charge < -0.3 is 5.73 Å². The molecule has 2 fully saturated rings. The lowest BCUT2D eigenvalue weighted by atomic mass is 10.2. The van der Waals surface area contributed by atoms with Crippen LogP contribution >= 0.6 is 11.3 Å². The molecule has 6 heteroatoms. The number of nitrogens with two attached hydrogens (primary N) is 1. The molecular weight excluding hydrogens is 296 g/mol. The first-order valence-corrected chi connectivity index (χ1v) is 8.63. The second kappa shape index (κ2) is 5.30. The number of carbonyl (C=O) groups is 1. The first-order valence-electron chi connectivity index (χ1n) is 7.81. The Morgan fingerprint density at radius 2 is 2.14 bits per heavy atom. The number of aromatic nitrogens is 1. The van der Waals surface area contributed by atoms with E-state index in [1.165, 1.54) is 24.3 Å². The highest BCUT2D eigenvalue weighted by atomic mass is 32.1. The maximum atomic E-state index is 11.3. The van der Waals surface area contributed by atoms with E-state index in [-0.39, 0.29) is 5.91 Å². The molecule has 4 heterocycles. The minimum atomic E-state index is -0.374. The molecule has 116 valence electrons. The third-order valence-corrected chi connectivity index (χ3v) is 5.98. The van der Waals surface area contributed by atoms with Crippen LogP contribution in [0.1, 0.15) is 28.7 Å². The maximum absolute atomic E-state index is 11.3. The fourth-order valence-electron chi connectivity index (χ4n) is 3.79. The van der Waals surface area contributed by atoms with E-state index in [1.807, 2.05) is 12.1 Å². The van der Waals surface area contributed by atoms with Crippen LogP contribution in [0.25, 0.3) is 10.2 Å². The number of pyridine rings is 1. The number of piperazine rings is 1. The highest BCUT2D eigenvalue weighted by molar-refractivity contribution is 7.20. The number of carbonyl (C=O) groups excluding carboxylic acids is 1. The van der Waals surface area contributed by atoms with Crippen LogP contribution in [0.4, 0.5) is 0 Å². The predicted octanol–water partition coefficient (Wildman–Crippen LogP) is 1.67. The van der Waals surface area contributed by atoms with Gasteiger partial charge in [0, 0.05) is 37.1 Å². The zero-order valence-electron chi connectivity index (χ0n) is 12.7. The van der Waals surface area contributed by atoms with Crippen LogP contribution < -0.4 is 5.73 Å². The molecule has 0 saturated carbocycles. The van der Waals surface area contributed by atoms with Gasteiger partial charge in [-0.3, -0.25) is 14.6 Å². The Morgan fingerprint density at radius 1 is 1.36 bits per heavy atom. The van der Waals surface area contributed by atoms with Gasteiger partial charge in [0.1, 0.15) is 4.83 Å². The predicted molar refractivity (Wildman–Crippen MR) is 88.0 cm³/mol. The summed E-state index contributed by atoms with van der Waals surface area (Å²) in [5.41, 5.74) is 6.43. The molecule has 0 unspecified atom stereocenters. The number of fused-ring (bicyclic) bond motifs is 3. The lowest BCUT2D eigenvalue weighted by Gasteiger charge is -2.33. The van der Waals surface area contributed by atoms with Crippen molar-refractivity contribution in [2.24, 2.45) is 5.73 Å². The fraction of sp³-hybridized carbons (Fsp3) is 0.500. The van der Waals surface area contributed by atoms with Gasteiger partial charge in [-0.25, -0.2) is 4.98 Å².